The van der Waals surface area contributed by atoms with E-state index >= 15 is 0 Å². The summed E-state index contributed by atoms with van der Waals surface area (Å²) < 4.78 is 0. The Morgan fingerprint density at radius 2 is 1.94 bits per heavy atom. The number of hydrogen-bond acceptors (Lipinski definition) is 3. The van der Waals surface area contributed by atoms with Gasteiger partial charge in [-0.15, -0.1) is 0 Å². The summed E-state index contributed by atoms with van der Waals surface area (Å²) in [5, 5.41) is 0. The molecule has 0 aliphatic heterocycles. The smallest absolute Gasteiger partial charge is 0.0580 e. The van der Waals surface area contributed by atoms with E-state index in [0.717, 1.165) is 17.9 Å². The van der Waals surface area contributed by atoms with Gasteiger partial charge < -0.3 is 10.6 Å². The maximum atomic E-state index is 6.24. The molecule has 0 spiro atoms. The van der Waals surface area contributed by atoms with Gasteiger partial charge in [0.2, 0.25) is 0 Å². The molecule has 0 radical (unpaired) electrons. The summed E-state index contributed by atoms with van der Waals surface area (Å²) in [6, 6.07) is 4.18. The van der Waals surface area contributed by atoms with Crippen molar-refractivity contribution in [1.82, 2.24) is 9.88 Å². The quantitative estimate of drug-likeness (QED) is 0.844. The molecule has 2 atom stereocenters. The van der Waals surface area contributed by atoms with E-state index < -0.39 is 0 Å². The van der Waals surface area contributed by atoms with Crippen molar-refractivity contribution < 1.29 is 0 Å². The van der Waals surface area contributed by atoms with Crippen LogP contribution in [0.1, 0.15) is 29.9 Å². The highest BCUT2D eigenvalue weighted by molar-refractivity contribution is 5.21. The maximum Gasteiger partial charge on any atom is 0.0580 e. The molecular weight excluding hydrogens is 198 g/mol. The van der Waals surface area contributed by atoms with Crippen molar-refractivity contribution in [2.75, 3.05) is 20.6 Å². The van der Waals surface area contributed by atoms with Gasteiger partial charge in [0.25, 0.3) is 0 Å². The average Bonchev–Trinajstić information content (AvgIpc) is 2.13. The van der Waals surface area contributed by atoms with Crippen molar-refractivity contribution in [2.24, 2.45) is 11.7 Å². The lowest BCUT2D eigenvalue weighted by molar-refractivity contribution is 0.305. The topological polar surface area (TPSA) is 42.1 Å². The number of rotatable bonds is 4. The summed E-state index contributed by atoms with van der Waals surface area (Å²) in [4.78, 5) is 6.68. The van der Waals surface area contributed by atoms with E-state index in [-0.39, 0.29) is 6.04 Å². The van der Waals surface area contributed by atoms with Gasteiger partial charge in [0, 0.05) is 12.2 Å². The predicted molar refractivity (Wildman–Crippen MR) is 68.4 cm³/mol. The van der Waals surface area contributed by atoms with E-state index in [9.17, 15) is 0 Å². The van der Waals surface area contributed by atoms with Crippen molar-refractivity contribution in [2.45, 2.75) is 26.8 Å². The Labute approximate surface area is 98.7 Å². The Morgan fingerprint density at radius 1 is 1.31 bits per heavy atom. The first kappa shape index (κ1) is 13.1. The van der Waals surface area contributed by atoms with Gasteiger partial charge in [-0.2, -0.15) is 0 Å². The van der Waals surface area contributed by atoms with Crippen LogP contribution in [0.3, 0.4) is 0 Å². The van der Waals surface area contributed by atoms with Crippen molar-refractivity contribution in [1.29, 1.82) is 0 Å². The second-order valence-corrected chi connectivity index (χ2v) is 4.98. The van der Waals surface area contributed by atoms with Crippen LogP contribution in [0.2, 0.25) is 0 Å². The van der Waals surface area contributed by atoms with Crippen LogP contribution in [0.15, 0.2) is 12.1 Å². The molecule has 2 unspecified atom stereocenters. The first-order valence-corrected chi connectivity index (χ1v) is 5.75. The standard InChI is InChI=1S/C13H23N3/c1-9-6-11(3)15-12(7-9)13(14)10(2)8-16(4)5/h6-7,10,13H,8,14H2,1-5H3. The molecule has 1 heterocycles. The third-order valence-corrected chi connectivity index (χ3v) is 2.73. The van der Waals surface area contributed by atoms with Gasteiger partial charge in [-0.05, 0) is 51.6 Å². The summed E-state index contributed by atoms with van der Waals surface area (Å²) in [5.74, 6) is 0.406. The molecule has 3 heteroatoms. The molecule has 0 aliphatic carbocycles. The van der Waals surface area contributed by atoms with Gasteiger partial charge >= 0.3 is 0 Å². The van der Waals surface area contributed by atoms with E-state index in [2.05, 4.69) is 50.0 Å². The third kappa shape index (κ3) is 3.58. The number of aryl methyl sites for hydroxylation is 2. The summed E-state index contributed by atoms with van der Waals surface area (Å²) in [6.45, 7) is 7.25. The zero-order valence-electron chi connectivity index (χ0n) is 11.0. The zero-order valence-corrected chi connectivity index (χ0v) is 11.0. The molecule has 1 rings (SSSR count). The lowest BCUT2D eigenvalue weighted by Crippen LogP contribution is -2.29. The molecule has 3 nitrogen and oxygen atoms in total. The number of nitrogens with zero attached hydrogens (tertiary/aromatic N) is 2. The zero-order chi connectivity index (χ0) is 12.3. The molecule has 90 valence electrons. The van der Waals surface area contributed by atoms with E-state index in [1.54, 1.807) is 0 Å². The minimum atomic E-state index is 0.0148. The first-order valence-electron chi connectivity index (χ1n) is 5.75. The van der Waals surface area contributed by atoms with Gasteiger partial charge in [0.05, 0.1) is 11.7 Å². The Bertz CT molecular complexity index is 327. The van der Waals surface area contributed by atoms with Crippen LogP contribution in [-0.2, 0) is 0 Å². The monoisotopic (exact) mass is 221 g/mol. The summed E-state index contributed by atoms with van der Waals surface area (Å²) in [5.41, 5.74) is 9.52. The average molecular weight is 221 g/mol. The van der Waals surface area contributed by atoms with Crippen LogP contribution in [0.4, 0.5) is 0 Å². The summed E-state index contributed by atoms with van der Waals surface area (Å²) in [7, 11) is 4.14. The van der Waals surface area contributed by atoms with Gasteiger partial charge in [0.1, 0.15) is 0 Å². The van der Waals surface area contributed by atoms with Gasteiger partial charge in [0.15, 0.2) is 0 Å². The Hall–Kier alpha value is -0.930. The number of aromatic nitrogens is 1. The summed E-state index contributed by atoms with van der Waals surface area (Å²) >= 11 is 0. The minimum Gasteiger partial charge on any atom is -0.322 e. The molecule has 1 aromatic heterocycles. The molecule has 0 amide bonds. The van der Waals surface area contributed by atoms with Crippen molar-refractivity contribution >= 4 is 0 Å². The minimum absolute atomic E-state index is 0.0148. The fourth-order valence-electron chi connectivity index (χ4n) is 2.02. The van der Waals surface area contributed by atoms with E-state index in [4.69, 9.17) is 5.73 Å². The molecule has 2 N–H and O–H groups in total. The molecule has 0 bridgehead atoms. The Kier molecular flexibility index (Phi) is 4.44. The van der Waals surface area contributed by atoms with Crippen LogP contribution in [0.25, 0.3) is 0 Å². The van der Waals surface area contributed by atoms with Crippen LogP contribution in [-0.4, -0.2) is 30.5 Å². The predicted octanol–water partition coefficient (Wildman–Crippen LogP) is 1.90. The van der Waals surface area contributed by atoms with Gasteiger partial charge in [-0.25, -0.2) is 0 Å². The number of pyridine rings is 1. The van der Waals surface area contributed by atoms with Crippen molar-refractivity contribution in [3.63, 3.8) is 0 Å². The lowest BCUT2D eigenvalue weighted by atomic mass is 9.98. The van der Waals surface area contributed by atoms with Crippen LogP contribution < -0.4 is 5.73 Å². The summed E-state index contributed by atoms with van der Waals surface area (Å²) in [6.07, 6.45) is 0. The molecule has 16 heavy (non-hydrogen) atoms. The molecular formula is C13H23N3. The second kappa shape index (κ2) is 5.41. The van der Waals surface area contributed by atoms with Crippen LogP contribution in [0.5, 0.6) is 0 Å². The van der Waals surface area contributed by atoms with Crippen molar-refractivity contribution in [3.05, 3.63) is 29.1 Å². The highest BCUT2D eigenvalue weighted by Gasteiger charge is 2.17. The highest BCUT2D eigenvalue weighted by Crippen LogP contribution is 2.19. The van der Waals surface area contributed by atoms with E-state index in [0.29, 0.717) is 5.92 Å². The van der Waals surface area contributed by atoms with Crippen molar-refractivity contribution in [3.8, 4) is 0 Å². The largest absolute Gasteiger partial charge is 0.322 e. The molecule has 0 aromatic carbocycles. The van der Waals surface area contributed by atoms with E-state index in [1.165, 1.54) is 5.56 Å². The second-order valence-electron chi connectivity index (χ2n) is 4.98. The Morgan fingerprint density at radius 3 is 2.44 bits per heavy atom. The van der Waals surface area contributed by atoms with Crippen LogP contribution in [0, 0.1) is 19.8 Å². The van der Waals surface area contributed by atoms with Gasteiger partial charge in [-0.1, -0.05) is 6.92 Å². The van der Waals surface area contributed by atoms with Crippen LogP contribution >= 0.6 is 0 Å². The molecule has 0 fully saturated rings. The highest BCUT2D eigenvalue weighted by atomic mass is 15.1. The number of hydrogen-bond donors (Lipinski definition) is 1. The normalized spacial score (nSPS) is 15.2. The number of nitrogens with two attached hydrogens (primary N) is 1. The molecule has 1 aromatic rings. The third-order valence-electron chi connectivity index (χ3n) is 2.73. The molecule has 0 aliphatic rings. The Balaban J connectivity index is 2.82. The fraction of sp³-hybridized carbons (Fsp3) is 0.615. The van der Waals surface area contributed by atoms with Gasteiger partial charge in [-0.3, -0.25) is 4.98 Å². The lowest BCUT2D eigenvalue weighted by Gasteiger charge is -2.23. The first-order chi connectivity index (χ1) is 7.40. The fourth-order valence-corrected chi connectivity index (χ4v) is 2.02. The molecule has 0 saturated heterocycles. The van der Waals surface area contributed by atoms with E-state index in [1.807, 2.05) is 6.92 Å². The maximum absolute atomic E-state index is 6.24. The SMILES string of the molecule is Cc1cc(C)nc(C(N)C(C)CN(C)C)c1. The molecule has 0 saturated carbocycles.